The number of aliphatic hydroxyl groups excluding tert-OH is 3. The number of aromatic nitrogens is 1. The Labute approximate surface area is 573 Å². The number of aromatic hydroxyl groups is 1. The molecule has 0 saturated heterocycles. The van der Waals surface area contributed by atoms with Crippen LogP contribution < -0.4 is 81.8 Å². The van der Waals surface area contributed by atoms with E-state index in [0.29, 0.717) is 73.6 Å². The van der Waals surface area contributed by atoms with Gasteiger partial charge >= 0.3 is 5.97 Å². The lowest BCUT2D eigenvalue weighted by atomic mass is 10.0. The number of para-hydroxylation sites is 1. The normalized spacial score (nSPS) is 15.3. The highest BCUT2D eigenvalue weighted by atomic mass is 32.2. The van der Waals surface area contributed by atoms with Gasteiger partial charge in [0.05, 0.1) is 24.9 Å². The highest BCUT2D eigenvalue weighted by molar-refractivity contribution is 7.98. The number of hydrogen-bond acceptors (Lipinski definition) is 21. The van der Waals surface area contributed by atoms with Crippen molar-refractivity contribution < 1.29 is 83.1 Å². The van der Waals surface area contributed by atoms with E-state index in [2.05, 4.69) is 58.2 Å². The van der Waals surface area contributed by atoms with Crippen LogP contribution in [0.25, 0.3) is 10.9 Å². The maximum absolute atomic E-state index is 14.7. The van der Waals surface area contributed by atoms with Gasteiger partial charge in [-0.3, -0.25) is 52.7 Å². The molecule has 0 aliphatic rings. The number of rotatable bonds is 47. The van der Waals surface area contributed by atoms with Crippen LogP contribution in [0.5, 0.6) is 5.75 Å². The molecule has 0 aliphatic heterocycles. The highest BCUT2D eigenvalue weighted by Gasteiger charge is 2.38. The number of phenolic OH excluding ortho intramolecular Hbond substituents is 1. The van der Waals surface area contributed by atoms with Crippen LogP contribution in [0.4, 0.5) is 0 Å². The third-order valence-corrected chi connectivity index (χ3v) is 16.6. The molecule has 1 heterocycles. The van der Waals surface area contributed by atoms with Crippen molar-refractivity contribution in [3.8, 4) is 5.75 Å². The summed E-state index contributed by atoms with van der Waals surface area (Å²) in [5.74, 6) is -12.8. The van der Waals surface area contributed by atoms with E-state index in [1.165, 1.54) is 56.8 Å². The number of carbonyl (C=O) groups is 12. The molecule has 0 fully saturated rings. The second kappa shape index (κ2) is 43.7. The summed E-state index contributed by atoms with van der Waals surface area (Å²) in [4.78, 5) is 169. The molecular weight excluding hydrogens is 1300 g/mol. The van der Waals surface area contributed by atoms with Crippen molar-refractivity contribution >= 4 is 93.6 Å². The molecule has 11 amide bonds. The summed E-state index contributed by atoms with van der Waals surface area (Å²) in [6.45, 7) is 5.27. The van der Waals surface area contributed by atoms with Crippen molar-refractivity contribution in [2.24, 2.45) is 34.6 Å². The molecule has 0 spiro atoms. The molecule has 0 radical (unpaired) electrons. The van der Waals surface area contributed by atoms with Crippen LogP contribution in [-0.4, -0.2) is 218 Å². The molecule has 0 aliphatic carbocycles. The summed E-state index contributed by atoms with van der Waals surface area (Å²) >= 11 is 1.32. The Bertz CT molecular complexity index is 3100. The molecule has 546 valence electrons. The number of hydrogen-bond donors (Lipinski definition) is 21. The number of carboxylic acid groups (broad SMARTS) is 1. The summed E-state index contributed by atoms with van der Waals surface area (Å²) in [5, 5.41) is 77.8. The zero-order valence-electron chi connectivity index (χ0n) is 56.1. The maximum atomic E-state index is 14.7. The van der Waals surface area contributed by atoms with Gasteiger partial charge in [-0.2, -0.15) is 11.8 Å². The number of aromatic amines is 1. The minimum atomic E-state index is -1.94. The number of aliphatic hydroxyl groups is 3. The summed E-state index contributed by atoms with van der Waals surface area (Å²) in [6.07, 6.45) is 1.38. The summed E-state index contributed by atoms with van der Waals surface area (Å²) in [5.41, 5.74) is 29.8. The van der Waals surface area contributed by atoms with Gasteiger partial charge in [0, 0.05) is 36.4 Å². The third-order valence-electron chi connectivity index (χ3n) is 15.9. The van der Waals surface area contributed by atoms with E-state index >= 15 is 0 Å². The van der Waals surface area contributed by atoms with E-state index in [-0.39, 0.29) is 56.6 Å². The van der Waals surface area contributed by atoms with Crippen LogP contribution in [0, 0.1) is 5.92 Å². The number of thioether (sulfide) groups is 1. The SMILES string of the molecule is CSCC[C@H](NC(=O)[C@H](Cc1ccc(O)cc1)NC(=O)[C@@H](NC(=O)[C@H](CCC(N)=O)NC(=O)[C@H](Cc1c[nH]c2ccccc12)NC(=O)[C@H](CO)NC(=O)[C@@H](NC(=O)[C@@H](NC(=O)[C@@H](N)CCCCN)[C@@H](C)O)C(C)C)[C@@H](C)O)C(=O)N[C@@H](CCCCN)C(=O)N[C@@H](CCCCN)C(=O)O. The molecule has 3 aromatic rings. The predicted molar refractivity (Wildman–Crippen MR) is 364 cm³/mol. The fraction of sp³-hybridized carbons (Fsp3) is 0.594. The smallest absolute Gasteiger partial charge is 0.326 e. The van der Waals surface area contributed by atoms with Crippen LogP contribution >= 0.6 is 11.8 Å². The topological polar surface area (TPSA) is 572 Å². The molecule has 1 aromatic heterocycles. The van der Waals surface area contributed by atoms with E-state index in [0.717, 1.165) is 6.92 Å². The standard InChI is InChI=1S/C64H102N16O17S/c1-34(2)51(78-63(95)53(36(4)83)79-54(86)41(68)15-8-11-26-65)61(93)77-49(33-81)60(92)75-48(31-38-32-70-42-16-7-6-14-40(38)42)59(91)72-44(23-24-50(69)85)57(89)80-52(35(3)82)62(94)76-47(30-37-19-21-39(84)22-20-37)58(90)73-45(25-29-98-5)56(88)71-43(17-9-12-27-66)55(87)74-46(64(96)97)18-10-13-28-67/h6-7,14,16,19-22,32,34-36,41,43-49,51-53,70,81-84H,8-13,15,17-18,23-31,33,65-68H2,1-5H3,(H2,69,85)(H,71,88)(H,72,91)(H,73,90)(H,74,87)(H,75,92)(H,76,94)(H,77,93)(H,78,95)(H,79,86)(H,80,89)(H,96,97)/t35-,36-,41+,43+,44+,45+,46+,47+,48+,49+,51+,52+,53+/m1/s1. The van der Waals surface area contributed by atoms with Crippen LogP contribution in [0.3, 0.4) is 0 Å². The van der Waals surface area contributed by atoms with E-state index in [1.54, 1.807) is 36.7 Å². The average molecular weight is 1400 g/mol. The second-order valence-electron chi connectivity index (χ2n) is 24.3. The maximum Gasteiger partial charge on any atom is 0.326 e. The molecule has 26 N–H and O–H groups in total. The summed E-state index contributed by atoms with van der Waals surface area (Å²) in [7, 11) is 0. The molecule has 98 heavy (non-hydrogen) atoms. The molecule has 34 heteroatoms. The molecule has 0 bridgehead atoms. The number of unbranched alkanes of at least 4 members (excludes halogenated alkanes) is 3. The van der Waals surface area contributed by atoms with Crippen molar-refractivity contribution in [1.29, 1.82) is 0 Å². The number of aliphatic carboxylic acids is 1. The van der Waals surface area contributed by atoms with Crippen LogP contribution in [0.1, 0.15) is 116 Å². The first kappa shape index (κ1) is 83.7. The molecule has 33 nitrogen and oxygen atoms in total. The Kier molecular flexibility index (Phi) is 37.3. The number of benzene rings is 2. The number of nitrogens with two attached hydrogens (primary N) is 5. The lowest BCUT2D eigenvalue weighted by Gasteiger charge is -2.29. The Morgan fingerprint density at radius 3 is 1.43 bits per heavy atom. The molecule has 2 aromatic carbocycles. The van der Waals surface area contributed by atoms with Crippen molar-refractivity contribution in [3.63, 3.8) is 0 Å². The predicted octanol–water partition coefficient (Wildman–Crippen LogP) is -4.27. The van der Waals surface area contributed by atoms with Gasteiger partial charge in [-0.05, 0) is 145 Å². The third kappa shape index (κ3) is 28.5. The van der Waals surface area contributed by atoms with Crippen molar-refractivity contribution in [3.05, 3.63) is 65.9 Å². The number of amides is 11. The number of carboxylic acids is 1. The fourth-order valence-corrected chi connectivity index (χ4v) is 10.7. The Morgan fingerprint density at radius 2 is 0.908 bits per heavy atom. The number of H-pyrrole nitrogens is 1. The minimum absolute atomic E-state index is 0.0215. The van der Waals surface area contributed by atoms with Gasteiger partial charge in [0.1, 0.15) is 66.2 Å². The first-order valence-electron chi connectivity index (χ1n) is 32.7. The van der Waals surface area contributed by atoms with E-state index in [4.69, 9.17) is 28.7 Å². The minimum Gasteiger partial charge on any atom is -0.508 e. The van der Waals surface area contributed by atoms with Crippen molar-refractivity contribution in [1.82, 2.24) is 58.2 Å². The molecule has 0 saturated carbocycles. The zero-order valence-corrected chi connectivity index (χ0v) is 57.0. The van der Waals surface area contributed by atoms with Gasteiger partial charge in [-0.25, -0.2) is 4.79 Å². The number of nitrogens with one attached hydrogen (secondary N) is 11. The number of fused-ring (bicyclic) bond motifs is 1. The van der Waals surface area contributed by atoms with Crippen molar-refractivity contribution in [2.75, 3.05) is 38.2 Å². The Balaban J connectivity index is 1.99. The largest absolute Gasteiger partial charge is 0.508 e. The van der Waals surface area contributed by atoms with E-state index in [9.17, 15) is 83.1 Å². The molecule has 0 unspecified atom stereocenters. The zero-order chi connectivity index (χ0) is 73.2. The van der Waals surface area contributed by atoms with E-state index in [1.807, 2.05) is 0 Å². The fourth-order valence-electron chi connectivity index (χ4n) is 10.2. The van der Waals surface area contributed by atoms with Crippen LogP contribution in [-0.2, 0) is 70.4 Å². The van der Waals surface area contributed by atoms with Crippen LogP contribution in [0.2, 0.25) is 0 Å². The van der Waals surface area contributed by atoms with Crippen molar-refractivity contribution in [2.45, 2.75) is 196 Å². The lowest BCUT2D eigenvalue weighted by Crippen LogP contribution is -2.63. The van der Waals surface area contributed by atoms with Gasteiger partial charge < -0.3 is 112 Å². The van der Waals surface area contributed by atoms with E-state index < -0.39 is 175 Å². The molecular formula is C64H102N16O17S. The van der Waals surface area contributed by atoms with Gasteiger partial charge in [0.25, 0.3) is 0 Å². The number of primary amides is 1. The quantitative estimate of drug-likeness (QED) is 0.0238. The number of phenols is 1. The van der Waals surface area contributed by atoms with Gasteiger partial charge in [-0.15, -0.1) is 0 Å². The lowest BCUT2D eigenvalue weighted by molar-refractivity contribution is -0.142. The summed E-state index contributed by atoms with van der Waals surface area (Å²) < 4.78 is 0. The van der Waals surface area contributed by atoms with Gasteiger partial charge in [-0.1, -0.05) is 50.6 Å². The first-order chi connectivity index (χ1) is 46.5. The monoisotopic (exact) mass is 1400 g/mol. The highest BCUT2D eigenvalue weighted by Crippen LogP contribution is 2.21. The Hall–Kier alpha value is -8.51. The van der Waals surface area contributed by atoms with Gasteiger partial charge in [0.2, 0.25) is 65.0 Å². The summed E-state index contributed by atoms with van der Waals surface area (Å²) in [6, 6.07) is -4.52. The number of carbonyl (C=O) groups excluding carboxylic acids is 11. The molecule has 13 atom stereocenters. The first-order valence-corrected chi connectivity index (χ1v) is 34.1. The second-order valence-corrected chi connectivity index (χ2v) is 25.3. The average Bonchev–Trinajstić information content (AvgIpc) is 1.61. The molecule has 3 rings (SSSR count). The van der Waals surface area contributed by atoms with Crippen LogP contribution in [0.15, 0.2) is 54.7 Å². The Morgan fingerprint density at radius 1 is 0.490 bits per heavy atom. The van der Waals surface area contributed by atoms with Gasteiger partial charge in [0.15, 0.2) is 0 Å².